The fourth-order valence-electron chi connectivity index (χ4n) is 3.60. The van der Waals surface area contributed by atoms with Gasteiger partial charge in [0.2, 0.25) is 5.91 Å². The molecule has 2 aliphatic rings. The first-order valence-electron chi connectivity index (χ1n) is 7.46. The van der Waals surface area contributed by atoms with Gasteiger partial charge in [-0.3, -0.25) is 4.79 Å². The third-order valence-corrected chi connectivity index (χ3v) is 5.96. The Morgan fingerprint density at radius 3 is 2.86 bits per heavy atom. The Balaban J connectivity index is 1.63. The van der Waals surface area contributed by atoms with Crippen molar-refractivity contribution >= 4 is 17.2 Å². The molecule has 22 heavy (non-hydrogen) atoms. The topological polar surface area (TPSA) is 46.3 Å². The molecule has 3 nitrogen and oxygen atoms in total. The number of hydrogen-bond donors (Lipinski definition) is 1. The third kappa shape index (κ3) is 1.92. The van der Waals surface area contributed by atoms with Gasteiger partial charge < -0.3 is 10.6 Å². The Labute approximate surface area is 132 Å². The summed E-state index contributed by atoms with van der Waals surface area (Å²) in [6, 6.07) is 8.79. The second-order valence-corrected chi connectivity index (χ2v) is 7.11. The summed E-state index contributed by atoms with van der Waals surface area (Å²) in [7, 11) is 0. The van der Waals surface area contributed by atoms with E-state index in [2.05, 4.69) is 0 Å². The maximum Gasteiger partial charge on any atom is 0.235 e. The zero-order chi connectivity index (χ0) is 15.3. The van der Waals surface area contributed by atoms with Crippen molar-refractivity contribution in [1.29, 1.82) is 0 Å². The summed E-state index contributed by atoms with van der Waals surface area (Å²) >= 11 is 1.62. The molecular weight excluding hydrogens is 299 g/mol. The number of nitrogens with two attached hydrogens (primary N) is 1. The standard InChI is InChI=1S/C17H17FN2OS/c18-14-4-3-11-9-20(10-12(11)6-14)16(21)17(7-13(17)8-19)15-2-1-5-22-15/h1-6,13H,7-10,19H2/t13-,17-/m0/s1. The predicted octanol–water partition coefficient (Wildman–Crippen LogP) is 2.65. The van der Waals surface area contributed by atoms with Gasteiger partial charge in [0, 0.05) is 18.0 Å². The summed E-state index contributed by atoms with van der Waals surface area (Å²) in [6.07, 6.45) is 0.823. The average molecular weight is 316 g/mol. The van der Waals surface area contributed by atoms with Crippen molar-refractivity contribution < 1.29 is 9.18 Å². The lowest BCUT2D eigenvalue weighted by atomic mass is 9.99. The molecule has 0 spiro atoms. The van der Waals surface area contributed by atoms with E-state index in [1.54, 1.807) is 17.4 Å². The quantitative estimate of drug-likeness (QED) is 0.946. The van der Waals surface area contributed by atoms with Crippen LogP contribution in [0.5, 0.6) is 0 Å². The number of halogens is 1. The Hall–Kier alpha value is -1.72. The molecule has 2 atom stereocenters. The molecule has 0 unspecified atom stereocenters. The summed E-state index contributed by atoms with van der Waals surface area (Å²) < 4.78 is 13.4. The lowest BCUT2D eigenvalue weighted by molar-refractivity contribution is -0.134. The lowest BCUT2D eigenvalue weighted by Crippen LogP contribution is -2.37. The molecule has 0 bridgehead atoms. The van der Waals surface area contributed by atoms with Gasteiger partial charge in [0.1, 0.15) is 5.82 Å². The largest absolute Gasteiger partial charge is 0.333 e. The van der Waals surface area contributed by atoms with Gasteiger partial charge in [-0.25, -0.2) is 4.39 Å². The van der Waals surface area contributed by atoms with E-state index in [0.717, 1.165) is 22.4 Å². The Morgan fingerprint density at radius 1 is 1.36 bits per heavy atom. The molecule has 4 rings (SSSR count). The average Bonchev–Trinajstić information content (AvgIpc) is 2.90. The molecule has 0 radical (unpaired) electrons. The number of hydrogen-bond acceptors (Lipinski definition) is 3. The van der Waals surface area contributed by atoms with E-state index in [9.17, 15) is 9.18 Å². The molecule has 2 aromatic rings. The maximum absolute atomic E-state index is 13.4. The molecule has 1 fully saturated rings. The first kappa shape index (κ1) is 13.9. The van der Waals surface area contributed by atoms with Crippen LogP contribution in [0.4, 0.5) is 4.39 Å². The number of carbonyl (C=O) groups excluding carboxylic acids is 1. The highest BCUT2D eigenvalue weighted by molar-refractivity contribution is 7.10. The normalized spacial score (nSPS) is 26.1. The van der Waals surface area contributed by atoms with Crippen LogP contribution in [0.3, 0.4) is 0 Å². The molecule has 5 heteroatoms. The van der Waals surface area contributed by atoms with E-state index in [1.807, 2.05) is 22.4 Å². The van der Waals surface area contributed by atoms with Crippen LogP contribution in [0.25, 0.3) is 0 Å². The monoisotopic (exact) mass is 316 g/mol. The van der Waals surface area contributed by atoms with Gasteiger partial charge >= 0.3 is 0 Å². The van der Waals surface area contributed by atoms with Gasteiger partial charge in [0.25, 0.3) is 0 Å². The molecule has 1 aromatic carbocycles. The van der Waals surface area contributed by atoms with E-state index in [1.165, 1.54) is 12.1 Å². The van der Waals surface area contributed by atoms with E-state index in [-0.39, 0.29) is 17.6 Å². The number of rotatable bonds is 3. The second-order valence-electron chi connectivity index (χ2n) is 6.16. The van der Waals surface area contributed by atoms with Crippen LogP contribution < -0.4 is 5.73 Å². The van der Waals surface area contributed by atoms with Crippen molar-refractivity contribution in [2.45, 2.75) is 24.9 Å². The SMILES string of the molecule is NC[C@@H]1C[C@@]1(C(=O)N1Cc2ccc(F)cc2C1)c1cccs1. The van der Waals surface area contributed by atoms with Gasteiger partial charge in [0.05, 0.1) is 5.41 Å². The maximum atomic E-state index is 13.4. The highest BCUT2D eigenvalue weighted by Gasteiger charge is 2.62. The summed E-state index contributed by atoms with van der Waals surface area (Å²) in [5.41, 5.74) is 7.36. The fraction of sp³-hybridized carbons (Fsp3) is 0.353. The van der Waals surface area contributed by atoms with Crippen molar-refractivity contribution in [2.24, 2.45) is 11.7 Å². The van der Waals surface area contributed by atoms with E-state index in [4.69, 9.17) is 5.73 Å². The van der Waals surface area contributed by atoms with Crippen molar-refractivity contribution in [3.63, 3.8) is 0 Å². The number of fused-ring (bicyclic) bond motifs is 1. The second kappa shape index (κ2) is 4.89. The van der Waals surface area contributed by atoms with Crippen LogP contribution in [0.15, 0.2) is 35.7 Å². The highest BCUT2D eigenvalue weighted by Crippen LogP contribution is 2.56. The molecule has 1 aliphatic carbocycles. The Kier molecular flexibility index (Phi) is 3.09. The van der Waals surface area contributed by atoms with Gasteiger partial charge in [-0.05, 0) is 53.6 Å². The van der Waals surface area contributed by atoms with Crippen LogP contribution in [-0.2, 0) is 23.3 Å². The van der Waals surface area contributed by atoms with Crippen molar-refractivity contribution in [1.82, 2.24) is 4.90 Å². The van der Waals surface area contributed by atoms with Crippen molar-refractivity contribution in [3.8, 4) is 0 Å². The summed E-state index contributed by atoms with van der Waals surface area (Å²) in [5.74, 6) is 0.119. The molecule has 1 amide bonds. The minimum atomic E-state index is -0.441. The molecular formula is C17H17FN2OS. The Morgan fingerprint density at radius 2 is 2.18 bits per heavy atom. The van der Waals surface area contributed by atoms with Crippen molar-refractivity contribution in [2.75, 3.05) is 6.54 Å². The number of nitrogens with zero attached hydrogens (tertiary/aromatic N) is 1. The van der Waals surface area contributed by atoms with E-state index >= 15 is 0 Å². The number of amides is 1. The van der Waals surface area contributed by atoms with E-state index in [0.29, 0.717) is 19.6 Å². The summed E-state index contributed by atoms with van der Waals surface area (Å²) in [5, 5.41) is 2.00. The molecule has 1 aromatic heterocycles. The van der Waals surface area contributed by atoms with Crippen LogP contribution in [0.2, 0.25) is 0 Å². The van der Waals surface area contributed by atoms with Crippen LogP contribution >= 0.6 is 11.3 Å². The van der Waals surface area contributed by atoms with Gasteiger partial charge in [0.15, 0.2) is 0 Å². The molecule has 1 saturated carbocycles. The highest BCUT2D eigenvalue weighted by atomic mass is 32.1. The third-order valence-electron chi connectivity index (χ3n) is 4.91. The smallest absolute Gasteiger partial charge is 0.235 e. The first-order chi connectivity index (χ1) is 10.6. The molecule has 2 N–H and O–H groups in total. The van der Waals surface area contributed by atoms with Gasteiger partial charge in [-0.15, -0.1) is 11.3 Å². The lowest BCUT2D eigenvalue weighted by Gasteiger charge is -2.23. The fourth-order valence-corrected chi connectivity index (χ4v) is 4.61. The van der Waals surface area contributed by atoms with Crippen LogP contribution in [0, 0.1) is 11.7 Å². The van der Waals surface area contributed by atoms with Crippen LogP contribution in [0.1, 0.15) is 22.4 Å². The molecule has 0 saturated heterocycles. The number of benzene rings is 1. The van der Waals surface area contributed by atoms with Gasteiger partial charge in [-0.1, -0.05) is 12.1 Å². The van der Waals surface area contributed by atoms with Crippen LogP contribution in [-0.4, -0.2) is 17.4 Å². The number of carbonyl (C=O) groups is 1. The van der Waals surface area contributed by atoms with Crippen molar-refractivity contribution in [3.05, 3.63) is 57.5 Å². The minimum Gasteiger partial charge on any atom is -0.333 e. The zero-order valence-corrected chi connectivity index (χ0v) is 12.9. The first-order valence-corrected chi connectivity index (χ1v) is 8.34. The zero-order valence-electron chi connectivity index (χ0n) is 12.1. The molecule has 2 heterocycles. The number of thiophene rings is 1. The molecule has 1 aliphatic heterocycles. The Bertz CT molecular complexity index is 730. The van der Waals surface area contributed by atoms with Gasteiger partial charge in [-0.2, -0.15) is 0 Å². The predicted molar refractivity (Wildman–Crippen MR) is 83.8 cm³/mol. The summed E-state index contributed by atoms with van der Waals surface area (Å²) in [6.45, 7) is 1.59. The van der Waals surface area contributed by atoms with E-state index < -0.39 is 5.41 Å². The minimum absolute atomic E-state index is 0.141. The molecule has 114 valence electrons. The summed E-state index contributed by atoms with van der Waals surface area (Å²) in [4.78, 5) is 16.1.